The standard InChI is InChI=1S/C33H35F2NO3/c34-30-16-15-29(19-31(30)35)36-20-32(37)26-11-9-25-10-13-27(18-28(25)14-12-26)24-7-5-23(6-8-24)22-3-1-21(2-4-22)17-33(38)39/h5-8,10,13,15-16,18-19,21-22,26,36H,1-4,9,11-12,14,17,20H2,(H,38,39). The summed E-state index contributed by atoms with van der Waals surface area (Å²) in [5.74, 6) is -1.68. The second-order valence-electron chi connectivity index (χ2n) is 11.1. The molecule has 2 N–H and O–H groups in total. The van der Waals surface area contributed by atoms with Crippen molar-refractivity contribution in [2.24, 2.45) is 11.8 Å². The van der Waals surface area contributed by atoms with E-state index in [1.165, 1.54) is 33.9 Å². The summed E-state index contributed by atoms with van der Waals surface area (Å²) in [5.41, 5.74) is 6.67. The van der Waals surface area contributed by atoms with Crippen LogP contribution in [0.25, 0.3) is 11.1 Å². The summed E-state index contributed by atoms with van der Waals surface area (Å²) in [6, 6.07) is 19.0. The minimum absolute atomic E-state index is 0.0662. The SMILES string of the molecule is O=C(O)CC1CCC(c2ccc(-c3ccc4c(c3)CCC(C(=O)CNc3ccc(F)c(F)c3)CC4)cc2)CC1. The van der Waals surface area contributed by atoms with Crippen LogP contribution in [0.5, 0.6) is 0 Å². The molecule has 3 aromatic rings. The van der Waals surface area contributed by atoms with Crippen molar-refractivity contribution in [3.63, 3.8) is 0 Å². The molecule has 0 heterocycles. The first-order valence-electron chi connectivity index (χ1n) is 14.0. The Hall–Kier alpha value is -3.54. The molecular weight excluding hydrogens is 496 g/mol. The van der Waals surface area contributed by atoms with Crippen LogP contribution in [-0.2, 0) is 22.4 Å². The van der Waals surface area contributed by atoms with Crippen molar-refractivity contribution in [2.45, 2.75) is 63.7 Å². The third-order valence-electron chi connectivity index (χ3n) is 8.60. The molecule has 6 heteroatoms. The van der Waals surface area contributed by atoms with Gasteiger partial charge in [0.1, 0.15) is 0 Å². The molecule has 39 heavy (non-hydrogen) atoms. The Morgan fingerprint density at radius 3 is 2.15 bits per heavy atom. The van der Waals surface area contributed by atoms with E-state index in [0.29, 0.717) is 17.5 Å². The molecule has 0 radical (unpaired) electrons. The van der Waals surface area contributed by atoms with E-state index in [2.05, 4.69) is 47.8 Å². The number of anilines is 1. The van der Waals surface area contributed by atoms with Gasteiger partial charge in [0.05, 0.1) is 6.54 Å². The van der Waals surface area contributed by atoms with E-state index >= 15 is 0 Å². The topological polar surface area (TPSA) is 66.4 Å². The van der Waals surface area contributed by atoms with Crippen molar-refractivity contribution in [3.05, 3.63) is 89.0 Å². The third-order valence-corrected chi connectivity index (χ3v) is 8.60. The van der Waals surface area contributed by atoms with Crippen LogP contribution < -0.4 is 5.32 Å². The highest BCUT2D eigenvalue weighted by Crippen LogP contribution is 2.38. The largest absolute Gasteiger partial charge is 0.481 e. The van der Waals surface area contributed by atoms with Crippen LogP contribution in [0.1, 0.15) is 67.6 Å². The quantitative estimate of drug-likeness (QED) is 0.295. The molecule has 204 valence electrons. The van der Waals surface area contributed by atoms with Gasteiger partial charge in [-0.1, -0.05) is 42.5 Å². The van der Waals surface area contributed by atoms with Gasteiger partial charge in [-0.05, 0) is 103 Å². The molecule has 0 aromatic heterocycles. The number of hydrogen-bond acceptors (Lipinski definition) is 3. The number of nitrogens with one attached hydrogen (secondary N) is 1. The molecule has 5 rings (SSSR count). The van der Waals surface area contributed by atoms with E-state index < -0.39 is 17.6 Å². The number of fused-ring (bicyclic) bond motifs is 1. The van der Waals surface area contributed by atoms with E-state index in [9.17, 15) is 18.4 Å². The molecule has 0 spiro atoms. The molecule has 4 nitrogen and oxygen atoms in total. The fourth-order valence-electron chi connectivity index (χ4n) is 6.24. The van der Waals surface area contributed by atoms with Crippen molar-refractivity contribution in [2.75, 3.05) is 11.9 Å². The molecule has 0 aliphatic heterocycles. The predicted octanol–water partition coefficient (Wildman–Crippen LogP) is 7.56. The number of carbonyl (C=O) groups excluding carboxylic acids is 1. The Balaban J connectivity index is 1.17. The van der Waals surface area contributed by atoms with Crippen LogP contribution in [0.3, 0.4) is 0 Å². The summed E-state index contributed by atoms with van der Waals surface area (Å²) in [6.45, 7) is 0.102. The highest BCUT2D eigenvalue weighted by atomic mass is 19.2. The fraction of sp³-hybridized carbons (Fsp3) is 0.394. The van der Waals surface area contributed by atoms with Gasteiger partial charge in [0.25, 0.3) is 0 Å². The number of carboxylic acids is 1. The first-order valence-corrected chi connectivity index (χ1v) is 14.0. The third kappa shape index (κ3) is 6.73. The maximum atomic E-state index is 13.5. The smallest absolute Gasteiger partial charge is 0.303 e. The normalized spacial score (nSPS) is 21.0. The Morgan fingerprint density at radius 2 is 1.46 bits per heavy atom. The van der Waals surface area contributed by atoms with Crippen molar-refractivity contribution in [1.29, 1.82) is 0 Å². The number of aliphatic carboxylic acids is 1. The van der Waals surface area contributed by atoms with Gasteiger partial charge in [-0.3, -0.25) is 9.59 Å². The number of halogens is 2. The summed E-state index contributed by atoms with van der Waals surface area (Å²) < 4.78 is 26.6. The van der Waals surface area contributed by atoms with E-state index in [0.717, 1.165) is 63.5 Å². The van der Waals surface area contributed by atoms with E-state index in [1.807, 2.05) is 0 Å². The molecule has 1 fully saturated rings. The number of aryl methyl sites for hydroxylation is 2. The Morgan fingerprint density at radius 1 is 0.769 bits per heavy atom. The Labute approximate surface area is 228 Å². The Bertz CT molecular complexity index is 1330. The van der Waals surface area contributed by atoms with Crippen LogP contribution in [0.4, 0.5) is 14.5 Å². The zero-order valence-electron chi connectivity index (χ0n) is 22.1. The summed E-state index contributed by atoms with van der Waals surface area (Å²) in [6.07, 6.45) is 7.59. The average Bonchev–Trinajstić information content (AvgIpc) is 3.16. The van der Waals surface area contributed by atoms with Crippen LogP contribution in [0.15, 0.2) is 60.7 Å². The molecule has 1 unspecified atom stereocenters. The number of ketones is 1. The number of carbonyl (C=O) groups is 2. The van der Waals surface area contributed by atoms with Gasteiger partial charge < -0.3 is 10.4 Å². The van der Waals surface area contributed by atoms with Crippen molar-refractivity contribution >= 4 is 17.4 Å². The van der Waals surface area contributed by atoms with Crippen LogP contribution in [0.2, 0.25) is 0 Å². The van der Waals surface area contributed by atoms with Crippen molar-refractivity contribution < 1.29 is 23.5 Å². The molecule has 0 bridgehead atoms. The molecular formula is C33H35F2NO3. The maximum absolute atomic E-state index is 13.5. The van der Waals surface area contributed by atoms with Gasteiger partial charge in [0, 0.05) is 24.1 Å². The highest BCUT2D eigenvalue weighted by molar-refractivity contribution is 5.85. The van der Waals surface area contributed by atoms with Crippen molar-refractivity contribution in [1.82, 2.24) is 0 Å². The second-order valence-corrected chi connectivity index (χ2v) is 11.1. The van der Waals surface area contributed by atoms with Gasteiger partial charge in [-0.15, -0.1) is 0 Å². The molecule has 0 saturated heterocycles. The van der Waals surface area contributed by atoms with Crippen molar-refractivity contribution in [3.8, 4) is 11.1 Å². The highest BCUT2D eigenvalue weighted by Gasteiger charge is 2.25. The summed E-state index contributed by atoms with van der Waals surface area (Å²) >= 11 is 0. The van der Waals surface area contributed by atoms with E-state index in [1.54, 1.807) is 0 Å². The molecule has 1 saturated carbocycles. The number of rotatable bonds is 8. The number of Topliss-reactive ketones (excluding diaryl/α,β-unsaturated/α-hetero) is 1. The molecule has 2 aliphatic rings. The number of benzene rings is 3. The monoisotopic (exact) mass is 531 g/mol. The minimum Gasteiger partial charge on any atom is -0.481 e. The lowest BCUT2D eigenvalue weighted by Crippen LogP contribution is -2.23. The Kier molecular flexibility index (Phi) is 8.39. The zero-order valence-corrected chi connectivity index (χ0v) is 22.1. The molecule has 1 atom stereocenters. The van der Waals surface area contributed by atoms with Gasteiger partial charge in [0.2, 0.25) is 0 Å². The molecule has 0 amide bonds. The maximum Gasteiger partial charge on any atom is 0.303 e. The molecule has 3 aromatic carbocycles. The van der Waals surface area contributed by atoms with Crippen LogP contribution in [0, 0.1) is 23.5 Å². The summed E-state index contributed by atoms with van der Waals surface area (Å²) in [4.78, 5) is 23.9. The number of carboxylic acid groups (broad SMARTS) is 1. The zero-order chi connectivity index (χ0) is 27.4. The second kappa shape index (κ2) is 12.1. The van der Waals surface area contributed by atoms with Gasteiger partial charge in [-0.25, -0.2) is 8.78 Å². The first kappa shape index (κ1) is 27.0. The van der Waals surface area contributed by atoms with Crippen LogP contribution >= 0.6 is 0 Å². The fourth-order valence-corrected chi connectivity index (χ4v) is 6.24. The predicted molar refractivity (Wildman–Crippen MR) is 149 cm³/mol. The van der Waals surface area contributed by atoms with E-state index in [-0.39, 0.29) is 24.7 Å². The van der Waals surface area contributed by atoms with Crippen LogP contribution in [-0.4, -0.2) is 23.4 Å². The van der Waals surface area contributed by atoms with E-state index in [4.69, 9.17) is 5.11 Å². The number of hydrogen-bond donors (Lipinski definition) is 2. The lowest BCUT2D eigenvalue weighted by atomic mass is 9.77. The van der Waals surface area contributed by atoms with Gasteiger partial charge in [0.15, 0.2) is 17.4 Å². The van der Waals surface area contributed by atoms with Gasteiger partial charge >= 0.3 is 5.97 Å². The van der Waals surface area contributed by atoms with Gasteiger partial charge in [-0.2, -0.15) is 0 Å². The first-order chi connectivity index (χ1) is 18.9. The summed E-state index contributed by atoms with van der Waals surface area (Å²) in [5, 5.41) is 12.0. The average molecular weight is 532 g/mol. The summed E-state index contributed by atoms with van der Waals surface area (Å²) in [7, 11) is 0. The lowest BCUT2D eigenvalue weighted by molar-refractivity contribution is -0.138. The minimum atomic E-state index is -0.928. The lowest BCUT2D eigenvalue weighted by Gasteiger charge is -2.28. The molecule has 2 aliphatic carbocycles.